The number of aryl methyl sites for hydroxylation is 1. The molecule has 2 aliphatic heterocycles. The number of anilines is 1. The molecule has 1 aliphatic carbocycles. The Labute approximate surface area is 323 Å². The van der Waals surface area contributed by atoms with Crippen LogP contribution in [-0.2, 0) is 18.0 Å². The number of aromatic nitrogens is 5. The topological polar surface area (TPSA) is 170 Å². The van der Waals surface area contributed by atoms with Crippen LogP contribution in [0.1, 0.15) is 90.5 Å². The van der Waals surface area contributed by atoms with Crippen molar-refractivity contribution in [2.75, 3.05) is 32.1 Å². The van der Waals surface area contributed by atoms with E-state index in [1.165, 1.54) is 22.3 Å². The van der Waals surface area contributed by atoms with E-state index in [1.807, 2.05) is 12.1 Å². The van der Waals surface area contributed by atoms with E-state index in [1.54, 1.807) is 19.2 Å². The van der Waals surface area contributed by atoms with E-state index in [4.69, 9.17) is 14.1 Å². The summed E-state index contributed by atoms with van der Waals surface area (Å²) in [5.74, 6) is -0.385. The van der Waals surface area contributed by atoms with Gasteiger partial charge in [0.1, 0.15) is 29.4 Å². The van der Waals surface area contributed by atoms with Crippen LogP contribution in [0, 0.1) is 5.92 Å². The van der Waals surface area contributed by atoms with Gasteiger partial charge in [0.15, 0.2) is 17.2 Å². The van der Waals surface area contributed by atoms with E-state index in [0.29, 0.717) is 59.5 Å². The molecule has 2 saturated heterocycles. The lowest BCUT2D eigenvalue weighted by Gasteiger charge is -2.38. The monoisotopic (exact) mass is 794 g/mol. The molecule has 57 heavy (non-hydrogen) atoms. The molecule has 3 aromatic heterocycles. The zero-order valence-corrected chi connectivity index (χ0v) is 31.3. The maximum atomic E-state index is 16.1. The highest BCUT2D eigenvalue weighted by Gasteiger charge is 2.37. The summed E-state index contributed by atoms with van der Waals surface area (Å²) in [6.07, 6.45) is -1.10. The normalized spacial score (nSPS) is 24.8. The molecule has 302 valence electrons. The lowest BCUT2D eigenvalue weighted by Crippen LogP contribution is -2.47. The predicted molar refractivity (Wildman–Crippen MR) is 199 cm³/mol. The standard InChI is InChI=1S/C39H42F4N8O6/c1-49-34-23(4-3-5-28(34)51(38(49)55)29-10-11-33(52)48-36(29)54)22-12-13-50(19-24(22)40)18-20-6-8-21(9-7-20)37-47-26-14-30(56-2)25(15-31(26)57-37)46-35(53)27-16-44-17-32(45-27)39(41,42)43/h3-5,14-17,20-22,24,29,36,54H,6-13,18-19H2,1-2H3,(H,46,53)(H,48,52)/t20?,21?,22-,24+,29?,36?/m0/s1. The molecule has 2 aromatic carbocycles. The van der Waals surface area contributed by atoms with Gasteiger partial charge in [-0.05, 0) is 62.6 Å². The number of amides is 2. The molecule has 3 fully saturated rings. The van der Waals surface area contributed by atoms with E-state index in [0.717, 1.165) is 44.0 Å². The third-order valence-corrected chi connectivity index (χ3v) is 11.7. The highest BCUT2D eigenvalue weighted by Crippen LogP contribution is 2.41. The van der Waals surface area contributed by atoms with Crippen molar-refractivity contribution in [3.8, 4) is 5.75 Å². The zero-order chi connectivity index (χ0) is 40.2. The minimum atomic E-state index is -4.76. The van der Waals surface area contributed by atoms with Crippen molar-refractivity contribution in [2.24, 2.45) is 13.0 Å². The predicted octanol–water partition coefficient (Wildman–Crippen LogP) is 5.42. The number of carbonyl (C=O) groups is 2. The van der Waals surface area contributed by atoms with Crippen molar-refractivity contribution in [1.82, 2.24) is 34.3 Å². The number of hydrogen-bond donors (Lipinski definition) is 3. The van der Waals surface area contributed by atoms with Crippen LogP contribution in [0.2, 0.25) is 0 Å². The van der Waals surface area contributed by atoms with Crippen LogP contribution in [0.15, 0.2) is 51.9 Å². The van der Waals surface area contributed by atoms with Crippen molar-refractivity contribution in [3.63, 3.8) is 0 Å². The smallest absolute Gasteiger partial charge is 0.434 e. The van der Waals surface area contributed by atoms with Gasteiger partial charge in [0.05, 0.1) is 42.3 Å². The number of piperidine rings is 2. The number of rotatable bonds is 8. The van der Waals surface area contributed by atoms with Gasteiger partial charge >= 0.3 is 11.9 Å². The number of oxazole rings is 1. The number of ether oxygens (including phenoxy) is 1. The Morgan fingerprint density at radius 2 is 1.88 bits per heavy atom. The first kappa shape index (κ1) is 38.5. The molecule has 2 amide bonds. The molecule has 1 saturated carbocycles. The molecule has 8 rings (SSSR count). The summed E-state index contributed by atoms with van der Waals surface area (Å²) in [6, 6.07) is 8.00. The fourth-order valence-corrected chi connectivity index (χ4v) is 8.78. The molecular weight excluding hydrogens is 752 g/mol. The number of methoxy groups -OCH3 is 1. The van der Waals surface area contributed by atoms with Crippen molar-refractivity contribution in [3.05, 3.63) is 76.1 Å². The van der Waals surface area contributed by atoms with Gasteiger partial charge in [0.25, 0.3) is 5.91 Å². The lowest BCUT2D eigenvalue weighted by molar-refractivity contribution is -0.141. The Morgan fingerprint density at radius 1 is 1.09 bits per heavy atom. The third kappa shape index (κ3) is 7.47. The number of imidazole rings is 1. The second-order valence-corrected chi connectivity index (χ2v) is 15.2. The molecule has 18 heteroatoms. The van der Waals surface area contributed by atoms with Gasteiger partial charge in [-0.1, -0.05) is 12.1 Å². The average molecular weight is 795 g/mol. The molecule has 14 nitrogen and oxygen atoms in total. The maximum absolute atomic E-state index is 16.1. The van der Waals surface area contributed by atoms with E-state index in [-0.39, 0.29) is 41.9 Å². The molecule has 0 bridgehead atoms. The first-order valence-corrected chi connectivity index (χ1v) is 19.0. The molecule has 0 spiro atoms. The van der Waals surface area contributed by atoms with E-state index < -0.39 is 47.8 Å². The Kier molecular flexibility index (Phi) is 10.3. The van der Waals surface area contributed by atoms with Crippen molar-refractivity contribution in [1.29, 1.82) is 0 Å². The van der Waals surface area contributed by atoms with Crippen LogP contribution in [0.25, 0.3) is 22.1 Å². The number of nitrogens with one attached hydrogen (secondary N) is 2. The zero-order valence-electron chi connectivity index (χ0n) is 31.3. The van der Waals surface area contributed by atoms with Crippen LogP contribution in [0.4, 0.5) is 23.2 Å². The Morgan fingerprint density at radius 3 is 2.60 bits per heavy atom. The summed E-state index contributed by atoms with van der Waals surface area (Å²) in [5.41, 5.74) is 0.963. The SMILES string of the molecule is COc1cc2nc(C3CCC(CN4CC[C@@H](c5cccc6c5n(C)c(=O)n6C5CCC(=O)NC5O)[C@H](F)C4)CC3)oc2cc1NC(=O)c1cncc(C(F)(F)F)n1. The van der Waals surface area contributed by atoms with E-state index in [2.05, 4.69) is 25.5 Å². The quantitative estimate of drug-likeness (QED) is 0.173. The number of aliphatic hydroxyl groups is 1. The second kappa shape index (κ2) is 15.2. The molecule has 5 aromatic rings. The summed E-state index contributed by atoms with van der Waals surface area (Å²) in [5, 5.41) is 15.7. The van der Waals surface area contributed by atoms with E-state index in [9.17, 15) is 32.7 Å². The summed E-state index contributed by atoms with van der Waals surface area (Å²) < 4.78 is 70.1. The van der Waals surface area contributed by atoms with Crippen molar-refractivity contribution >= 4 is 39.6 Å². The molecule has 4 atom stereocenters. The molecule has 3 N–H and O–H groups in total. The van der Waals surface area contributed by atoms with E-state index >= 15 is 4.39 Å². The number of halogens is 4. The fourth-order valence-electron chi connectivity index (χ4n) is 8.78. The van der Waals surface area contributed by atoms with Gasteiger partial charge in [-0.25, -0.2) is 19.2 Å². The second-order valence-electron chi connectivity index (χ2n) is 15.2. The average Bonchev–Trinajstić information content (AvgIpc) is 3.71. The van der Waals surface area contributed by atoms with Gasteiger partial charge in [0, 0.05) is 50.5 Å². The van der Waals surface area contributed by atoms with Gasteiger partial charge < -0.3 is 29.8 Å². The molecule has 0 radical (unpaired) electrons. The van der Waals surface area contributed by atoms with Crippen LogP contribution >= 0.6 is 0 Å². The number of carbonyl (C=O) groups excluding carboxylic acids is 2. The largest absolute Gasteiger partial charge is 0.494 e. The lowest BCUT2D eigenvalue weighted by atomic mass is 9.81. The van der Waals surface area contributed by atoms with Gasteiger partial charge in [-0.3, -0.25) is 23.7 Å². The molecule has 5 heterocycles. The fraction of sp³-hybridized carbons (Fsp3) is 0.487. The van der Waals surface area contributed by atoms with Crippen molar-refractivity contribution in [2.45, 2.75) is 81.4 Å². The van der Waals surface area contributed by atoms with Crippen LogP contribution in [0.5, 0.6) is 5.75 Å². The summed E-state index contributed by atoms with van der Waals surface area (Å²) in [6.45, 7) is 1.74. The van der Waals surface area contributed by atoms with Gasteiger partial charge in [-0.15, -0.1) is 0 Å². The number of aliphatic hydroxyl groups excluding tert-OH is 1. The Balaban J connectivity index is 0.891. The van der Waals surface area contributed by atoms with Crippen molar-refractivity contribution < 1.29 is 41.4 Å². The maximum Gasteiger partial charge on any atom is 0.434 e. The minimum absolute atomic E-state index is 0.0446. The summed E-state index contributed by atoms with van der Waals surface area (Å²) in [7, 11) is 3.06. The van der Waals surface area contributed by atoms with Gasteiger partial charge in [0.2, 0.25) is 5.91 Å². The van der Waals surface area contributed by atoms with Crippen LogP contribution < -0.4 is 21.1 Å². The number of para-hydroxylation sites is 1. The third-order valence-electron chi connectivity index (χ3n) is 11.7. The summed E-state index contributed by atoms with van der Waals surface area (Å²) >= 11 is 0. The van der Waals surface area contributed by atoms with Gasteiger partial charge in [-0.2, -0.15) is 13.2 Å². The minimum Gasteiger partial charge on any atom is -0.494 e. The molecule has 3 aliphatic rings. The molecule has 2 unspecified atom stereocenters. The highest BCUT2D eigenvalue weighted by molar-refractivity contribution is 6.04. The molecular formula is C39H42F4N8O6. The summed E-state index contributed by atoms with van der Waals surface area (Å²) in [4.78, 5) is 51.9. The number of benzene rings is 2. The highest BCUT2D eigenvalue weighted by atomic mass is 19.4. The first-order valence-electron chi connectivity index (χ1n) is 19.0. The Bertz CT molecular complexity index is 2390. The number of nitrogens with zero attached hydrogens (tertiary/aromatic N) is 6. The first-order chi connectivity index (χ1) is 27.3. The number of hydrogen-bond acceptors (Lipinski definition) is 10. The van der Waals surface area contributed by atoms with Crippen LogP contribution in [-0.4, -0.2) is 85.1 Å². The number of fused-ring (bicyclic) bond motifs is 2. The number of likely N-dealkylation sites (tertiary alicyclic amines) is 1. The number of alkyl halides is 4. The van der Waals surface area contributed by atoms with Crippen LogP contribution in [0.3, 0.4) is 0 Å². The Hall–Kier alpha value is -5.36.